The summed E-state index contributed by atoms with van der Waals surface area (Å²) in [5, 5.41) is 15.3. The summed E-state index contributed by atoms with van der Waals surface area (Å²) >= 11 is 6.43. The van der Waals surface area contributed by atoms with E-state index in [2.05, 4.69) is 5.10 Å². The van der Waals surface area contributed by atoms with Crippen molar-refractivity contribution < 1.29 is 17.9 Å². The Kier molecular flexibility index (Phi) is 8.40. The lowest BCUT2D eigenvalue weighted by Crippen LogP contribution is -2.22. The van der Waals surface area contributed by atoms with Crippen molar-refractivity contribution in [2.24, 2.45) is 5.73 Å². The first kappa shape index (κ1) is 25.5. The molecule has 10 heteroatoms. The van der Waals surface area contributed by atoms with E-state index in [1.54, 1.807) is 13.0 Å². The molecule has 0 spiro atoms. The fraction of sp³-hybridized carbons (Fsp3) is 0.476. The van der Waals surface area contributed by atoms with Crippen LogP contribution in [0.4, 0.5) is 4.39 Å². The van der Waals surface area contributed by atoms with Gasteiger partial charge in [0.2, 0.25) is 10.0 Å². The Balaban J connectivity index is 2.55. The van der Waals surface area contributed by atoms with Gasteiger partial charge < -0.3 is 10.8 Å². The van der Waals surface area contributed by atoms with E-state index in [9.17, 15) is 17.9 Å². The van der Waals surface area contributed by atoms with E-state index in [0.29, 0.717) is 17.7 Å². The van der Waals surface area contributed by atoms with Crippen LogP contribution >= 0.6 is 11.6 Å². The second-order valence-corrected chi connectivity index (χ2v) is 10.4. The largest absolute Gasteiger partial charge is 0.387 e. The predicted octanol–water partition coefficient (Wildman–Crippen LogP) is 3.37. The van der Waals surface area contributed by atoms with Gasteiger partial charge in [-0.3, -0.25) is 4.68 Å². The molecule has 0 amide bonds. The standard InChI is InChI=1S/C21H30ClFN4O3S/c1-13(2)20-18(21(14(3)28)27(25-20)12-16(23)8-9-24)10-15-6-7-17(11-19(15)22)31(29,30)26(4)5/h6-8,11,13-14,28H,9-10,12,24H2,1-5H3/b16-8-. The monoisotopic (exact) mass is 472 g/mol. The Bertz CT molecular complexity index is 1060. The quantitative estimate of drug-likeness (QED) is 0.582. The van der Waals surface area contributed by atoms with Crippen LogP contribution in [0.1, 0.15) is 55.3 Å². The van der Waals surface area contributed by atoms with Gasteiger partial charge in [0, 0.05) is 37.6 Å². The molecule has 0 aliphatic heterocycles. The third-order valence-electron chi connectivity index (χ3n) is 4.88. The molecule has 2 aromatic rings. The highest BCUT2D eigenvalue weighted by atomic mass is 35.5. The zero-order chi connectivity index (χ0) is 23.5. The van der Waals surface area contributed by atoms with Crippen LogP contribution in [0.25, 0.3) is 0 Å². The predicted molar refractivity (Wildman–Crippen MR) is 120 cm³/mol. The minimum absolute atomic E-state index is 0.0162. The van der Waals surface area contributed by atoms with Crippen molar-refractivity contribution in [1.29, 1.82) is 0 Å². The molecule has 1 atom stereocenters. The van der Waals surface area contributed by atoms with Gasteiger partial charge in [0.05, 0.1) is 28.9 Å². The van der Waals surface area contributed by atoms with Gasteiger partial charge in [-0.2, -0.15) is 5.10 Å². The molecule has 1 aromatic carbocycles. The van der Waals surface area contributed by atoms with Gasteiger partial charge in [0.1, 0.15) is 5.83 Å². The van der Waals surface area contributed by atoms with Crippen LogP contribution < -0.4 is 5.73 Å². The molecule has 31 heavy (non-hydrogen) atoms. The fourth-order valence-corrected chi connectivity index (χ4v) is 4.57. The van der Waals surface area contributed by atoms with Crippen molar-refractivity contribution in [1.82, 2.24) is 14.1 Å². The van der Waals surface area contributed by atoms with Crippen molar-refractivity contribution >= 4 is 21.6 Å². The maximum Gasteiger partial charge on any atom is 0.242 e. The SMILES string of the molecule is CC(C)c1nn(C/C(F)=C/CN)c(C(C)O)c1Cc1ccc(S(=O)(=O)N(C)C)cc1Cl. The number of hydrogen-bond donors (Lipinski definition) is 2. The Morgan fingerprint density at radius 1 is 1.35 bits per heavy atom. The molecule has 0 fully saturated rings. The van der Waals surface area contributed by atoms with Crippen molar-refractivity contribution in [2.45, 2.75) is 50.7 Å². The highest BCUT2D eigenvalue weighted by Gasteiger charge is 2.25. The Labute approximate surface area is 188 Å². The highest BCUT2D eigenvalue weighted by molar-refractivity contribution is 7.89. The van der Waals surface area contributed by atoms with E-state index < -0.39 is 22.0 Å². The normalized spacial score (nSPS) is 14.0. The number of hydrogen-bond acceptors (Lipinski definition) is 5. The lowest BCUT2D eigenvalue weighted by molar-refractivity contribution is 0.186. The van der Waals surface area contributed by atoms with Crippen LogP contribution in [0, 0.1) is 0 Å². The Morgan fingerprint density at radius 2 is 2.00 bits per heavy atom. The zero-order valence-electron chi connectivity index (χ0n) is 18.4. The molecule has 0 aliphatic rings. The van der Waals surface area contributed by atoms with Crippen molar-refractivity contribution in [3.8, 4) is 0 Å². The number of allylic oxidation sites excluding steroid dienone is 1. The van der Waals surface area contributed by atoms with Crippen molar-refractivity contribution in [3.63, 3.8) is 0 Å². The van der Waals surface area contributed by atoms with Crippen LogP contribution in [0.15, 0.2) is 35.0 Å². The zero-order valence-corrected chi connectivity index (χ0v) is 20.0. The van der Waals surface area contributed by atoms with Gasteiger partial charge in [0.25, 0.3) is 0 Å². The molecule has 3 N–H and O–H groups in total. The number of nitrogens with zero attached hydrogens (tertiary/aromatic N) is 3. The molecule has 0 saturated carbocycles. The molecular weight excluding hydrogens is 443 g/mol. The van der Waals surface area contributed by atoms with E-state index in [0.717, 1.165) is 15.6 Å². The van der Waals surface area contributed by atoms with Gasteiger partial charge in [-0.05, 0) is 36.6 Å². The van der Waals surface area contributed by atoms with Gasteiger partial charge in [-0.1, -0.05) is 31.5 Å². The summed E-state index contributed by atoms with van der Waals surface area (Å²) in [5.41, 5.74) is 8.03. The number of sulfonamides is 1. The van der Waals surface area contributed by atoms with Gasteiger partial charge in [-0.25, -0.2) is 17.1 Å². The molecule has 0 aliphatic carbocycles. The molecule has 172 valence electrons. The van der Waals surface area contributed by atoms with Crippen molar-refractivity contribution in [3.05, 3.63) is 57.6 Å². The third-order valence-corrected chi connectivity index (χ3v) is 7.04. The van der Waals surface area contributed by atoms with E-state index in [1.807, 2.05) is 13.8 Å². The average molecular weight is 473 g/mol. The summed E-state index contributed by atoms with van der Waals surface area (Å²) in [4.78, 5) is 0.0933. The van der Waals surface area contributed by atoms with Crippen LogP contribution in [-0.4, -0.2) is 48.3 Å². The molecule has 1 aromatic heterocycles. The number of aromatic nitrogens is 2. The van der Waals surface area contributed by atoms with Crippen LogP contribution in [-0.2, 0) is 23.0 Å². The minimum Gasteiger partial charge on any atom is -0.387 e. The second-order valence-electron chi connectivity index (χ2n) is 7.84. The van der Waals surface area contributed by atoms with Gasteiger partial charge in [-0.15, -0.1) is 0 Å². The smallest absolute Gasteiger partial charge is 0.242 e. The first-order chi connectivity index (χ1) is 14.4. The highest BCUT2D eigenvalue weighted by Crippen LogP contribution is 2.32. The first-order valence-corrected chi connectivity index (χ1v) is 11.7. The molecule has 0 saturated heterocycles. The molecule has 7 nitrogen and oxygen atoms in total. The summed E-state index contributed by atoms with van der Waals surface area (Å²) in [6.45, 7) is 5.45. The Hall–Kier alpha value is -1.78. The first-order valence-electron chi connectivity index (χ1n) is 9.93. The average Bonchev–Trinajstić information content (AvgIpc) is 3.01. The number of rotatable bonds is 9. The van der Waals surface area contributed by atoms with Gasteiger partial charge >= 0.3 is 0 Å². The van der Waals surface area contributed by atoms with Gasteiger partial charge in [0.15, 0.2) is 0 Å². The van der Waals surface area contributed by atoms with Crippen LogP contribution in [0.3, 0.4) is 0 Å². The number of benzene rings is 1. The molecule has 0 bridgehead atoms. The van der Waals surface area contributed by atoms with Crippen molar-refractivity contribution in [2.75, 3.05) is 20.6 Å². The number of aliphatic hydroxyl groups excluding tert-OH is 1. The third kappa shape index (κ3) is 5.72. The molecule has 2 rings (SSSR count). The lowest BCUT2D eigenvalue weighted by atomic mass is 9.96. The van der Waals surface area contributed by atoms with Crippen LogP contribution in [0.2, 0.25) is 5.02 Å². The summed E-state index contributed by atoms with van der Waals surface area (Å²) in [6, 6.07) is 4.57. The molecule has 1 unspecified atom stereocenters. The number of nitrogens with two attached hydrogens (primary N) is 1. The summed E-state index contributed by atoms with van der Waals surface area (Å²) in [6.07, 6.45) is 0.688. The summed E-state index contributed by atoms with van der Waals surface area (Å²) < 4.78 is 41.5. The summed E-state index contributed by atoms with van der Waals surface area (Å²) in [7, 11) is -0.709. The van der Waals surface area contributed by atoms with E-state index in [4.69, 9.17) is 17.3 Å². The molecule has 1 heterocycles. The lowest BCUT2D eigenvalue weighted by Gasteiger charge is -2.15. The minimum atomic E-state index is -3.61. The fourth-order valence-electron chi connectivity index (χ4n) is 3.33. The van der Waals surface area contributed by atoms with E-state index in [-0.39, 0.29) is 28.9 Å². The maximum atomic E-state index is 14.1. The summed E-state index contributed by atoms with van der Waals surface area (Å²) in [5.74, 6) is -0.424. The van der Waals surface area contributed by atoms with E-state index in [1.165, 1.54) is 37.0 Å². The molecular formula is C21H30ClFN4O3S. The second kappa shape index (κ2) is 10.2. The molecule has 0 radical (unpaired) electrons. The maximum absolute atomic E-state index is 14.1. The number of aliphatic hydroxyl groups is 1. The Morgan fingerprint density at radius 3 is 2.48 bits per heavy atom. The van der Waals surface area contributed by atoms with Crippen LogP contribution in [0.5, 0.6) is 0 Å². The number of halogens is 2. The van der Waals surface area contributed by atoms with E-state index >= 15 is 0 Å². The topological polar surface area (TPSA) is 101 Å².